The molecular formula is C19H16N6O2. The molecule has 3 heterocycles. The molecule has 0 amide bonds. The van der Waals surface area contributed by atoms with Crippen molar-refractivity contribution in [3.8, 4) is 0 Å². The van der Waals surface area contributed by atoms with E-state index in [1.807, 2.05) is 18.2 Å². The van der Waals surface area contributed by atoms with Crippen LogP contribution in [0.5, 0.6) is 0 Å². The largest absolute Gasteiger partial charge is 0.477 e. The third kappa shape index (κ3) is 2.23. The fourth-order valence-electron chi connectivity index (χ4n) is 3.81. The van der Waals surface area contributed by atoms with E-state index in [4.69, 9.17) is 0 Å². The predicted octanol–water partition coefficient (Wildman–Crippen LogP) is 2.78. The molecule has 4 aromatic rings. The minimum Gasteiger partial charge on any atom is -0.477 e. The first-order valence-corrected chi connectivity index (χ1v) is 8.68. The Morgan fingerprint density at radius 1 is 1.19 bits per heavy atom. The lowest BCUT2D eigenvalue weighted by Crippen LogP contribution is -2.24. The van der Waals surface area contributed by atoms with E-state index < -0.39 is 12.0 Å². The Bertz CT molecular complexity index is 1240. The van der Waals surface area contributed by atoms with E-state index in [1.54, 1.807) is 10.8 Å². The number of fused-ring (bicyclic) bond motifs is 4. The number of rotatable bonds is 3. The van der Waals surface area contributed by atoms with Crippen LogP contribution in [-0.2, 0) is 11.3 Å². The number of carboxylic acids is 1. The highest BCUT2D eigenvalue weighted by Gasteiger charge is 2.27. The van der Waals surface area contributed by atoms with Crippen LogP contribution in [0.1, 0.15) is 18.5 Å². The zero-order valence-corrected chi connectivity index (χ0v) is 14.5. The smallest absolute Gasteiger partial charge is 0.352 e. The third-order valence-electron chi connectivity index (χ3n) is 5.01. The number of nitrogens with zero attached hydrogens (tertiary/aromatic N) is 5. The van der Waals surface area contributed by atoms with Crippen molar-refractivity contribution >= 4 is 33.7 Å². The number of anilines is 1. The minimum absolute atomic E-state index is 0.0679. The number of benzene rings is 2. The van der Waals surface area contributed by atoms with Gasteiger partial charge in [0.05, 0.1) is 0 Å². The van der Waals surface area contributed by atoms with E-state index >= 15 is 0 Å². The van der Waals surface area contributed by atoms with Gasteiger partial charge in [-0.25, -0.2) is 4.79 Å². The van der Waals surface area contributed by atoms with Crippen molar-refractivity contribution in [1.29, 1.82) is 0 Å². The first kappa shape index (κ1) is 15.6. The normalized spacial score (nSPS) is 16.2. The van der Waals surface area contributed by atoms with Crippen LogP contribution in [0.4, 0.5) is 5.95 Å². The van der Waals surface area contributed by atoms with Crippen molar-refractivity contribution in [2.45, 2.75) is 19.5 Å². The molecule has 0 spiro atoms. The molecule has 2 aromatic heterocycles. The van der Waals surface area contributed by atoms with Gasteiger partial charge in [0, 0.05) is 28.4 Å². The number of hydrogen-bond acceptors (Lipinski definition) is 5. The fraction of sp³-hybridized carbons (Fsp3) is 0.158. The maximum absolute atomic E-state index is 11.5. The summed E-state index contributed by atoms with van der Waals surface area (Å²) in [6, 6.07) is 14.1. The van der Waals surface area contributed by atoms with Crippen LogP contribution in [0.2, 0.25) is 0 Å². The molecule has 1 aliphatic heterocycles. The first-order valence-electron chi connectivity index (χ1n) is 8.68. The Morgan fingerprint density at radius 3 is 2.81 bits per heavy atom. The lowest BCUT2D eigenvalue weighted by molar-refractivity contribution is -0.132. The Hall–Kier alpha value is -3.68. The fourth-order valence-corrected chi connectivity index (χ4v) is 3.81. The monoisotopic (exact) mass is 360 g/mol. The summed E-state index contributed by atoms with van der Waals surface area (Å²) < 4.78 is 3.87. The molecule has 0 fully saturated rings. The zero-order valence-electron chi connectivity index (χ0n) is 14.5. The average molecular weight is 360 g/mol. The van der Waals surface area contributed by atoms with E-state index in [0.29, 0.717) is 5.95 Å². The summed E-state index contributed by atoms with van der Waals surface area (Å²) >= 11 is 0. The summed E-state index contributed by atoms with van der Waals surface area (Å²) in [5, 5.41) is 26.0. The molecule has 0 unspecified atom stereocenters. The molecule has 27 heavy (non-hydrogen) atoms. The zero-order chi connectivity index (χ0) is 18.5. The standard InChI is InChI=1S/C19H16N6O2/c1-2-24-15-6-4-3-5-12(15)13-9-11(7-8-16(13)24)17-10-14(18(26)27)20-19-21-22-23-25(17)19/h3-10,17H,2H2,1H3,(H,26,27)(H,20,21,23)/t17-/m1/s1. The summed E-state index contributed by atoms with van der Waals surface area (Å²) in [6.07, 6.45) is 1.63. The predicted molar refractivity (Wildman–Crippen MR) is 100 cm³/mol. The Kier molecular flexibility index (Phi) is 3.27. The lowest BCUT2D eigenvalue weighted by Gasteiger charge is -2.21. The maximum atomic E-state index is 11.5. The van der Waals surface area contributed by atoms with E-state index in [1.165, 1.54) is 10.9 Å². The average Bonchev–Trinajstić information content (AvgIpc) is 3.29. The van der Waals surface area contributed by atoms with Crippen LogP contribution < -0.4 is 5.32 Å². The Balaban J connectivity index is 1.75. The number of carboxylic acid groups (broad SMARTS) is 1. The highest BCUT2D eigenvalue weighted by molar-refractivity contribution is 6.08. The van der Waals surface area contributed by atoms with E-state index in [-0.39, 0.29) is 5.70 Å². The van der Waals surface area contributed by atoms with Gasteiger partial charge in [-0.3, -0.25) is 0 Å². The molecule has 8 nitrogen and oxygen atoms in total. The summed E-state index contributed by atoms with van der Waals surface area (Å²) in [4.78, 5) is 11.5. The van der Waals surface area contributed by atoms with Crippen molar-refractivity contribution in [2.24, 2.45) is 0 Å². The molecular weight excluding hydrogens is 344 g/mol. The van der Waals surface area contributed by atoms with Gasteiger partial charge in [0.15, 0.2) is 0 Å². The molecule has 0 bridgehead atoms. The van der Waals surface area contributed by atoms with Gasteiger partial charge in [-0.1, -0.05) is 29.4 Å². The van der Waals surface area contributed by atoms with E-state index in [0.717, 1.165) is 23.0 Å². The molecule has 2 aromatic carbocycles. The summed E-state index contributed by atoms with van der Waals surface area (Å²) in [5.74, 6) is -0.728. The first-order chi connectivity index (χ1) is 13.2. The van der Waals surface area contributed by atoms with Crippen molar-refractivity contribution in [3.63, 3.8) is 0 Å². The summed E-state index contributed by atoms with van der Waals surface area (Å²) in [5.41, 5.74) is 3.33. The van der Waals surface area contributed by atoms with Crippen LogP contribution >= 0.6 is 0 Å². The van der Waals surface area contributed by atoms with Crippen LogP contribution in [-0.4, -0.2) is 35.9 Å². The molecule has 1 atom stereocenters. The molecule has 0 saturated carbocycles. The summed E-state index contributed by atoms with van der Waals surface area (Å²) in [7, 11) is 0. The second-order valence-corrected chi connectivity index (χ2v) is 6.44. The molecule has 0 radical (unpaired) electrons. The topological polar surface area (TPSA) is 97.9 Å². The SMILES string of the molecule is CCn1c2ccccc2c2cc([C@H]3C=C(C(=O)O)Nc4nnnn43)ccc21. The molecule has 134 valence electrons. The minimum atomic E-state index is -1.04. The van der Waals surface area contributed by atoms with Gasteiger partial charge in [-0.05, 0) is 47.2 Å². The quantitative estimate of drug-likeness (QED) is 0.583. The van der Waals surface area contributed by atoms with E-state index in [2.05, 4.69) is 56.6 Å². The van der Waals surface area contributed by atoms with Crippen LogP contribution in [0.3, 0.4) is 0 Å². The van der Waals surface area contributed by atoms with Gasteiger partial charge in [-0.15, -0.1) is 0 Å². The Labute approximate surface area is 153 Å². The third-order valence-corrected chi connectivity index (χ3v) is 5.01. The highest BCUT2D eigenvalue weighted by Crippen LogP contribution is 2.34. The van der Waals surface area contributed by atoms with Gasteiger partial charge in [0.25, 0.3) is 0 Å². The molecule has 0 saturated heterocycles. The molecule has 8 heteroatoms. The van der Waals surface area contributed by atoms with Crippen molar-refractivity contribution in [2.75, 3.05) is 5.32 Å². The molecule has 5 rings (SSSR count). The van der Waals surface area contributed by atoms with Crippen molar-refractivity contribution in [3.05, 3.63) is 59.8 Å². The van der Waals surface area contributed by atoms with Crippen molar-refractivity contribution < 1.29 is 9.90 Å². The number of nitrogens with one attached hydrogen (secondary N) is 1. The van der Waals surface area contributed by atoms with Crippen LogP contribution in [0.25, 0.3) is 21.8 Å². The van der Waals surface area contributed by atoms with Crippen LogP contribution in [0, 0.1) is 0 Å². The number of hydrogen-bond donors (Lipinski definition) is 2. The molecule has 0 aliphatic carbocycles. The van der Waals surface area contributed by atoms with Gasteiger partial charge < -0.3 is 15.0 Å². The second kappa shape index (κ2) is 5.66. The molecule has 2 N–H and O–H groups in total. The number of carbonyl (C=O) groups is 1. The second-order valence-electron chi connectivity index (χ2n) is 6.44. The highest BCUT2D eigenvalue weighted by atomic mass is 16.4. The van der Waals surface area contributed by atoms with Gasteiger partial charge >= 0.3 is 5.97 Å². The number of para-hydroxylation sites is 1. The van der Waals surface area contributed by atoms with Crippen molar-refractivity contribution in [1.82, 2.24) is 24.8 Å². The molecule has 1 aliphatic rings. The number of allylic oxidation sites excluding steroid dienone is 1. The van der Waals surface area contributed by atoms with E-state index in [9.17, 15) is 9.90 Å². The number of aromatic nitrogens is 5. The van der Waals surface area contributed by atoms with Crippen LogP contribution in [0.15, 0.2) is 54.2 Å². The maximum Gasteiger partial charge on any atom is 0.352 e. The van der Waals surface area contributed by atoms with Gasteiger partial charge in [0.1, 0.15) is 11.7 Å². The number of aliphatic carboxylic acids is 1. The van der Waals surface area contributed by atoms with Gasteiger partial charge in [0.2, 0.25) is 5.95 Å². The summed E-state index contributed by atoms with van der Waals surface area (Å²) in [6.45, 7) is 3.00. The number of aryl methyl sites for hydroxylation is 1. The number of tetrazole rings is 1. The lowest BCUT2D eigenvalue weighted by atomic mass is 10.0. The Morgan fingerprint density at radius 2 is 2.00 bits per heavy atom. The van der Waals surface area contributed by atoms with Gasteiger partial charge in [-0.2, -0.15) is 4.68 Å².